The molecule has 0 heterocycles. The van der Waals surface area contributed by atoms with Gasteiger partial charge in [0.05, 0.1) is 6.10 Å². The average molecular weight is 208 g/mol. The quantitative estimate of drug-likeness (QED) is 0.537. The van der Waals surface area contributed by atoms with Gasteiger partial charge in [-0.15, -0.1) is 0 Å². The molecule has 1 unspecified atom stereocenters. The Morgan fingerprint density at radius 1 is 1.54 bits per heavy atom. The number of hydrogen-bond donors (Lipinski definition) is 2. The Kier molecular flexibility index (Phi) is 5.49. The first-order valence-electron chi connectivity index (χ1n) is 4.18. The van der Waals surface area contributed by atoms with Crippen LogP contribution in [-0.4, -0.2) is 15.9 Å². The van der Waals surface area contributed by atoms with E-state index in [2.05, 4.69) is 4.52 Å². The second-order valence-corrected chi connectivity index (χ2v) is 4.46. The van der Waals surface area contributed by atoms with Crippen LogP contribution in [0, 0.1) is 0 Å². The third-order valence-corrected chi connectivity index (χ3v) is 2.08. The largest absolute Gasteiger partial charge is 0.469 e. The molecule has 1 atom stereocenters. The molecule has 0 aliphatic carbocycles. The lowest BCUT2D eigenvalue weighted by atomic mass is 10.2. The van der Waals surface area contributed by atoms with Crippen LogP contribution in [0.3, 0.4) is 0 Å². The Hall–Kier alpha value is -0.150. The van der Waals surface area contributed by atoms with E-state index in [1.165, 1.54) is 5.57 Å². The standard InChI is InChI=1S/C8H17O4P/c1-7(2)5-4-6-8(3)12-13(9,10)11/h5,8H,4,6H2,1-3H3,(H2,9,10,11). The Labute approximate surface area is 78.9 Å². The van der Waals surface area contributed by atoms with Gasteiger partial charge in [0.25, 0.3) is 0 Å². The fourth-order valence-corrected chi connectivity index (χ4v) is 1.47. The number of hydrogen-bond acceptors (Lipinski definition) is 2. The van der Waals surface area contributed by atoms with Crippen molar-refractivity contribution in [3.05, 3.63) is 11.6 Å². The number of allylic oxidation sites excluding steroid dienone is 2. The van der Waals surface area contributed by atoms with Crippen LogP contribution >= 0.6 is 7.82 Å². The lowest BCUT2D eigenvalue weighted by Gasteiger charge is -2.11. The third-order valence-electron chi connectivity index (χ3n) is 1.44. The molecule has 0 spiro atoms. The Morgan fingerprint density at radius 3 is 2.46 bits per heavy atom. The van der Waals surface area contributed by atoms with Crippen LogP contribution in [0.5, 0.6) is 0 Å². The second kappa shape index (κ2) is 5.55. The zero-order valence-electron chi connectivity index (χ0n) is 8.23. The van der Waals surface area contributed by atoms with Gasteiger partial charge in [-0.25, -0.2) is 4.57 Å². The predicted molar refractivity (Wildman–Crippen MR) is 51.3 cm³/mol. The summed E-state index contributed by atoms with van der Waals surface area (Å²) in [6.45, 7) is 5.61. The summed E-state index contributed by atoms with van der Waals surface area (Å²) in [7, 11) is -4.31. The third kappa shape index (κ3) is 9.77. The van der Waals surface area contributed by atoms with Gasteiger partial charge >= 0.3 is 7.82 Å². The maximum absolute atomic E-state index is 10.4. The van der Waals surface area contributed by atoms with Gasteiger partial charge in [0.15, 0.2) is 0 Å². The van der Waals surface area contributed by atoms with Crippen molar-refractivity contribution in [3.63, 3.8) is 0 Å². The van der Waals surface area contributed by atoms with Crippen LogP contribution in [0.2, 0.25) is 0 Å². The molecule has 78 valence electrons. The molecule has 0 saturated heterocycles. The topological polar surface area (TPSA) is 66.8 Å². The molecule has 0 aromatic rings. The van der Waals surface area contributed by atoms with Crippen LogP contribution < -0.4 is 0 Å². The van der Waals surface area contributed by atoms with Crippen molar-refractivity contribution in [3.8, 4) is 0 Å². The van der Waals surface area contributed by atoms with E-state index in [9.17, 15) is 4.57 Å². The fraction of sp³-hybridized carbons (Fsp3) is 0.750. The summed E-state index contributed by atoms with van der Waals surface area (Å²) in [6.07, 6.45) is 3.01. The summed E-state index contributed by atoms with van der Waals surface area (Å²) >= 11 is 0. The Balaban J connectivity index is 3.70. The molecule has 0 aromatic heterocycles. The molecule has 4 nitrogen and oxygen atoms in total. The van der Waals surface area contributed by atoms with Crippen molar-refractivity contribution in [1.82, 2.24) is 0 Å². The second-order valence-electron chi connectivity index (χ2n) is 3.27. The first-order chi connectivity index (χ1) is 5.81. The SMILES string of the molecule is CC(C)=CCCC(C)OP(=O)(O)O. The fourth-order valence-electron chi connectivity index (χ4n) is 0.894. The average Bonchev–Trinajstić information content (AvgIpc) is 1.81. The number of rotatable bonds is 5. The molecule has 0 rings (SSSR count). The van der Waals surface area contributed by atoms with Crippen molar-refractivity contribution in [1.29, 1.82) is 0 Å². The van der Waals surface area contributed by atoms with Gasteiger partial charge in [0.2, 0.25) is 0 Å². The van der Waals surface area contributed by atoms with Crippen molar-refractivity contribution in [2.24, 2.45) is 0 Å². The van der Waals surface area contributed by atoms with E-state index in [0.29, 0.717) is 6.42 Å². The molecule has 0 saturated carbocycles. The van der Waals surface area contributed by atoms with E-state index in [1.807, 2.05) is 19.9 Å². The molecule has 0 fully saturated rings. The molecule has 2 N–H and O–H groups in total. The van der Waals surface area contributed by atoms with Crippen molar-refractivity contribution < 1.29 is 18.9 Å². The monoisotopic (exact) mass is 208 g/mol. The molecule has 0 aliphatic heterocycles. The molecular formula is C8H17O4P. The molecule has 0 aliphatic rings. The minimum absolute atomic E-state index is 0.406. The molecular weight excluding hydrogens is 191 g/mol. The van der Waals surface area contributed by atoms with Crippen LogP contribution in [0.25, 0.3) is 0 Å². The first-order valence-corrected chi connectivity index (χ1v) is 5.71. The highest BCUT2D eigenvalue weighted by molar-refractivity contribution is 7.46. The zero-order valence-corrected chi connectivity index (χ0v) is 9.12. The summed E-state index contributed by atoms with van der Waals surface area (Å²) in [5.74, 6) is 0. The summed E-state index contributed by atoms with van der Waals surface area (Å²) in [5.41, 5.74) is 1.20. The molecule has 0 amide bonds. The van der Waals surface area contributed by atoms with E-state index < -0.39 is 13.9 Å². The molecule has 0 bridgehead atoms. The summed E-state index contributed by atoms with van der Waals surface area (Å²) in [4.78, 5) is 16.9. The van der Waals surface area contributed by atoms with Gasteiger partial charge in [-0.05, 0) is 33.6 Å². The maximum atomic E-state index is 10.4. The van der Waals surface area contributed by atoms with Gasteiger partial charge < -0.3 is 9.79 Å². The number of phosphoric ester groups is 1. The first kappa shape index (κ1) is 12.8. The summed E-state index contributed by atoms with van der Waals surface area (Å²) in [6, 6.07) is 0. The Bertz CT molecular complexity index is 214. The zero-order chi connectivity index (χ0) is 10.5. The smallest absolute Gasteiger partial charge is 0.303 e. The van der Waals surface area contributed by atoms with E-state index in [0.717, 1.165) is 6.42 Å². The molecule has 13 heavy (non-hydrogen) atoms. The highest BCUT2D eigenvalue weighted by atomic mass is 31.2. The normalized spacial score (nSPS) is 13.9. The van der Waals surface area contributed by atoms with Crippen LogP contribution in [-0.2, 0) is 9.09 Å². The van der Waals surface area contributed by atoms with Crippen molar-refractivity contribution >= 4 is 7.82 Å². The van der Waals surface area contributed by atoms with Crippen LogP contribution in [0.4, 0.5) is 0 Å². The highest BCUT2D eigenvalue weighted by Gasteiger charge is 2.17. The van der Waals surface area contributed by atoms with Crippen LogP contribution in [0.15, 0.2) is 11.6 Å². The van der Waals surface area contributed by atoms with Gasteiger partial charge in [-0.3, -0.25) is 4.52 Å². The van der Waals surface area contributed by atoms with Gasteiger partial charge in [-0.2, -0.15) is 0 Å². The lowest BCUT2D eigenvalue weighted by molar-refractivity contribution is 0.139. The summed E-state index contributed by atoms with van der Waals surface area (Å²) < 4.78 is 14.9. The minimum atomic E-state index is -4.31. The van der Waals surface area contributed by atoms with Crippen molar-refractivity contribution in [2.75, 3.05) is 0 Å². The lowest BCUT2D eigenvalue weighted by Crippen LogP contribution is -2.05. The Morgan fingerprint density at radius 2 is 2.08 bits per heavy atom. The molecule has 0 aromatic carbocycles. The van der Waals surface area contributed by atoms with Crippen LogP contribution in [0.1, 0.15) is 33.6 Å². The van der Waals surface area contributed by atoms with Gasteiger partial charge in [-0.1, -0.05) is 11.6 Å². The molecule has 5 heteroatoms. The predicted octanol–water partition coefficient (Wildman–Crippen LogP) is 2.23. The van der Waals surface area contributed by atoms with Gasteiger partial charge in [0.1, 0.15) is 0 Å². The maximum Gasteiger partial charge on any atom is 0.469 e. The molecule has 0 radical (unpaired) electrons. The van der Waals surface area contributed by atoms with E-state index in [4.69, 9.17) is 9.79 Å². The highest BCUT2D eigenvalue weighted by Crippen LogP contribution is 2.38. The minimum Gasteiger partial charge on any atom is -0.303 e. The van der Waals surface area contributed by atoms with Crippen molar-refractivity contribution in [2.45, 2.75) is 39.7 Å². The van der Waals surface area contributed by atoms with Gasteiger partial charge in [0, 0.05) is 0 Å². The number of phosphoric acid groups is 1. The van der Waals surface area contributed by atoms with E-state index in [-0.39, 0.29) is 0 Å². The summed E-state index contributed by atoms with van der Waals surface area (Å²) in [5, 5.41) is 0. The van der Waals surface area contributed by atoms with E-state index >= 15 is 0 Å². The van der Waals surface area contributed by atoms with E-state index in [1.54, 1.807) is 6.92 Å².